The highest BCUT2D eigenvalue weighted by Gasteiger charge is 2.20. The molecule has 0 saturated carbocycles. The number of methoxy groups -OCH3 is 1. The minimum absolute atomic E-state index is 0.00508. The van der Waals surface area contributed by atoms with Crippen molar-refractivity contribution in [1.82, 2.24) is 39.4 Å². The first-order valence-electron chi connectivity index (χ1n) is 20.7. The number of aromatic nitrogens is 7. The van der Waals surface area contributed by atoms with Crippen LogP contribution in [0.1, 0.15) is 21.5 Å². The number of nitrogens with zero attached hydrogens (tertiary/aromatic N) is 6. The topological polar surface area (TPSA) is 253 Å². The third-order valence-corrected chi connectivity index (χ3v) is 11.0. The molecule has 0 spiro atoms. The van der Waals surface area contributed by atoms with E-state index in [0.717, 1.165) is 17.3 Å². The van der Waals surface area contributed by atoms with Crippen LogP contribution in [0.3, 0.4) is 0 Å². The van der Waals surface area contributed by atoms with Crippen LogP contribution in [0.25, 0.3) is 38.8 Å². The lowest BCUT2D eigenvalue weighted by Crippen LogP contribution is -2.27. The number of esters is 1. The van der Waals surface area contributed by atoms with Gasteiger partial charge in [-0.2, -0.15) is 15.0 Å². The molecule has 6 N–H and O–H groups in total. The normalized spacial score (nSPS) is 11.3. The van der Waals surface area contributed by atoms with Crippen LogP contribution >= 0.6 is 11.8 Å². The second-order valence-corrected chi connectivity index (χ2v) is 15.6. The lowest BCUT2D eigenvalue weighted by Gasteiger charge is -2.12. The van der Waals surface area contributed by atoms with Crippen molar-refractivity contribution in [2.45, 2.75) is 18.1 Å². The van der Waals surface area contributed by atoms with Gasteiger partial charge in [0.2, 0.25) is 5.91 Å². The van der Waals surface area contributed by atoms with Crippen LogP contribution in [0.5, 0.6) is 12.0 Å². The van der Waals surface area contributed by atoms with Crippen LogP contribution in [-0.2, 0) is 36.8 Å². The van der Waals surface area contributed by atoms with Crippen molar-refractivity contribution in [3.63, 3.8) is 0 Å². The molecule has 2 amide bonds. The number of thioether (sulfide) groups is 1. The summed E-state index contributed by atoms with van der Waals surface area (Å²) in [5.74, 6) is -0.961. The van der Waals surface area contributed by atoms with E-state index in [1.807, 2.05) is 36.4 Å². The third-order valence-electron chi connectivity index (χ3n) is 10.1. The predicted molar refractivity (Wildman–Crippen MR) is 247 cm³/mol. The molecule has 20 heteroatoms. The number of para-hydroxylation sites is 2. The van der Waals surface area contributed by atoms with Gasteiger partial charge < -0.3 is 45.4 Å². The fourth-order valence-electron chi connectivity index (χ4n) is 6.93. The number of nitrogen functional groups attached to an aromatic ring is 1. The Morgan fingerprint density at radius 1 is 0.833 bits per heavy atom. The first-order valence-corrected chi connectivity index (χ1v) is 21.7. The van der Waals surface area contributed by atoms with Gasteiger partial charge in [-0.3, -0.25) is 28.3 Å². The van der Waals surface area contributed by atoms with Crippen LogP contribution in [0.15, 0.2) is 113 Å². The Kier molecular flexibility index (Phi) is 14.1. The van der Waals surface area contributed by atoms with Crippen molar-refractivity contribution in [3.05, 3.63) is 130 Å². The van der Waals surface area contributed by atoms with Gasteiger partial charge in [-0.1, -0.05) is 66.4 Å². The molecule has 4 heterocycles. The number of ether oxygens (including phenoxy) is 4. The van der Waals surface area contributed by atoms with Crippen LogP contribution in [-0.4, -0.2) is 109 Å². The highest BCUT2D eigenvalue weighted by molar-refractivity contribution is 7.99. The van der Waals surface area contributed by atoms with E-state index in [9.17, 15) is 24.3 Å². The summed E-state index contributed by atoms with van der Waals surface area (Å²) in [7, 11) is 1.54. The molecule has 4 aromatic heterocycles. The van der Waals surface area contributed by atoms with Gasteiger partial charge >= 0.3 is 12.0 Å². The molecule has 8 aromatic rings. The van der Waals surface area contributed by atoms with Crippen LogP contribution in [0.2, 0.25) is 0 Å². The summed E-state index contributed by atoms with van der Waals surface area (Å²) in [5, 5.41) is 17.2. The Bertz CT molecular complexity index is 3070. The Balaban J connectivity index is 0.811. The van der Waals surface area contributed by atoms with E-state index in [0.29, 0.717) is 50.7 Å². The average molecular weight is 913 g/mol. The van der Waals surface area contributed by atoms with Gasteiger partial charge in [0, 0.05) is 35.8 Å². The molecule has 0 aliphatic heterocycles. The van der Waals surface area contributed by atoms with E-state index in [1.165, 1.54) is 9.13 Å². The molecule has 0 radical (unpaired) electrons. The second-order valence-electron chi connectivity index (χ2n) is 14.7. The molecule has 0 atom stereocenters. The maximum absolute atomic E-state index is 14.0. The van der Waals surface area contributed by atoms with E-state index in [4.69, 9.17) is 29.7 Å². The summed E-state index contributed by atoms with van der Waals surface area (Å²) in [6.07, 6.45) is -0.0336. The molecule has 66 heavy (non-hydrogen) atoms. The Morgan fingerprint density at radius 2 is 1.59 bits per heavy atom. The van der Waals surface area contributed by atoms with E-state index >= 15 is 0 Å². The molecule has 0 bridgehead atoms. The number of imidazole rings is 1. The summed E-state index contributed by atoms with van der Waals surface area (Å²) in [4.78, 5) is 73.1. The molecule has 19 nitrogen and oxygen atoms in total. The highest BCUT2D eigenvalue weighted by Crippen LogP contribution is 2.29. The number of nitrogens with two attached hydrogens (primary N) is 1. The SMILES string of the molecule is COCCOc1nc(N)c2nc(O)n(Cc3ccc(C(=O)NCCOCCOC(=O)Cc4ccc5[nH]c6c(=O)n(-c7ccccc7)c(SCC(=O)Nc7ccccc7)nc6c5c4)cc3)c2n1. The predicted octanol–water partition coefficient (Wildman–Crippen LogP) is 4.63. The number of carbonyl (C=O) groups is 3. The summed E-state index contributed by atoms with van der Waals surface area (Å²) >= 11 is 1.14. The molecule has 338 valence electrons. The molecule has 0 saturated heterocycles. The molecule has 0 aliphatic carbocycles. The number of amides is 2. The maximum Gasteiger partial charge on any atom is 0.320 e. The molecule has 0 unspecified atom stereocenters. The minimum Gasteiger partial charge on any atom is -0.480 e. The number of H-pyrrole nitrogens is 1. The van der Waals surface area contributed by atoms with E-state index in [1.54, 1.807) is 73.8 Å². The van der Waals surface area contributed by atoms with Gasteiger partial charge in [-0.25, -0.2) is 4.98 Å². The number of nitrogens with one attached hydrogen (secondary N) is 3. The van der Waals surface area contributed by atoms with Crippen molar-refractivity contribution in [2.75, 3.05) is 63.5 Å². The van der Waals surface area contributed by atoms with Crippen molar-refractivity contribution in [1.29, 1.82) is 0 Å². The standard InChI is InChI=1S/C46H44N10O9S/c1-62-20-22-65-44-53-40(47)39-41(54-44)55(45(61)51-39)26-28-12-15-30(16-13-28)42(59)48-18-19-63-21-23-64-36(58)25-29-14-17-34-33(24-29)37-38(50-34)43(60)56(32-10-6-3-7-11-32)46(52-37)66-27-35(57)49-31-8-4-2-5-9-31/h2-17,24,50H,18-23,25-27H2,1H3,(H,48,59)(H,49,57)(H,51,61)(H2,47,53,54). The molecule has 0 fully saturated rings. The van der Waals surface area contributed by atoms with E-state index < -0.39 is 5.97 Å². The molecule has 8 rings (SSSR count). The molecule has 0 aliphatic rings. The lowest BCUT2D eigenvalue weighted by molar-refractivity contribution is -0.144. The van der Waals surface area contributed by atoms with Crippen LogP contribution < -0.4 is 26.7 Å². The lowest BCUT2D eigenvalue weighted by atomic mass is 10.1. The number of benzene rings is 4. The number of rotatable bonds is 20. The Morgan fingerprint density at radius 3 is 2.36 bits per heavy atom. The minimum atomic E-state index is -0.472. The molecular formula is C46H44N10O9S. The quantitative estimate of drug-likeness (QED) is 0.0303. The number of aromatic hydroxyl groups is 1. The largest absolute Gasteiger partial charge is 0.480 e. The van der Waals surface area contributed by atoms with Crippen molar-refractivity contribution in [2.24, 2.45) is 0 Å². The van der Waals surface area contributed by atoms with Gasteiger partial charge in [0.15, 0.2) is 22.1 Å². The summed E-state index contributed by atoms with van der Waals surface area (Å²) in [5.41, 5.74) is 10.7. The van der Waals surface area contributed by atoms with Gasteiger partial charge in [-0.05, 0) is 59.7 Å². The van der Waals surface area contributed by atoms with Crippen molar-refractivity contribution < 1.29 is 38.4 Å². The summed E-state index contributed by atoms with van der Waals surface area (Å²) < 4.78 is 24.4. The van der Waals surface area contributed by atoms with E-state index in [-0.39, 0.29) is 104 Å². The van der Waals surface area contributed by atoms with E-state index in [2.05, 4.69) is 30.6 Å². The van der Waals surface area contributed by atoms with Crippen molar-refractivity contribution >= 4 is 74.2 Å². The summed E-state index contributed by atoms with van der Waals surface area (Å²) in [6, 6.07) is 30.1. The number of aromatic amines is 1. The van der Waals surface area contributed by atoms with Gasteiger partial charge in [0.1, 0.15) is 24.2 Å². The highest BCUT2D eigenvalue weighted by atomic mass is 32.2. The van der Waals surface area contributed by atoms with Crippen LogP contribution in [0, 0.1) is 0 Å². The zero-order valence-corrected chi connectivity index (χ0v) is 36.4. The number of anilines is 2. The second kappa shape index (κ2) is 20.8. The Labute approximate surface area is 380 Å². The van der Waals surface area contributed by atoms with Crippen molar-refractivity contribution in [3.8, 4) is 17.7 Å². The zero-order chi connectivity index (χ0) is 46.0. The van der Waals surface area contributed by atoms with Crippen LogP contribution in [0.4, 0.5) is 11.5 Å². The smallest absolute Gasteiger partial charge is 0.320 e. The van der Waals surface area contributed by atoms with Gasteiger partial charge in [0.25, 0.3) is 17.5 Å². The zero-order valence-electron chi connectivity index (χ0n) is 35.6. The average Bonchev–Trinajstić information content (AvgIpc) is 3.85. The first kappa shape index (κ1) is 44.8. The third kappa shape index (κ3) is 10.6. The summed E-state index contributed by atoms with van der Waals surface area (Å²) in [6.45, 7) is 1.26. The molecule has 4 aromatic carbocycles. The number of hydrogen-bond acceptors (Lipinski definition) is 15. The fraction of sp³-hybridized carbons (Fsp3) is 0.217. The van der Waals surface area contributed by atoms with Gasteiger partial charge in [0.05, 0.1) is 44.2 Å². The maximum atomic E-state index is 14.0. The number of hydrogen-bond donors (Lipinski definition) is 5. The number of carbonyl (C=O) groups excluding carboxylic acids is 3. The Hall–Kier alpha value is -7.81. The first-order chi connectivity index (χ1) is 32.1. The molecular weight excluding hydrogens is 869 g/mol. The monoisotopic (exact) mass is 912 g/mol. The number of fused-ring (bicyclic) bond motifs is 4. The fourth-order valence-corrected chi connectivity index (χ4v) is 7.74. The van der Waals surface area contributed by atoms with Gasteiger partial charge in [-0.15, -0.1) is 0 Å².